The van der Waals surface area contributed by atoms with Gasteiger partial charge in [-0.15, -0.1) is 14.8 Å². The smallest absolute Gasteiger partial charge is 0.200 e. The number of hydrogen-bond acceptors (Lipinski definition) is 6. The SMILES string of the molecule is CC(c1ccccc1)N1CCC(Nc2ccc3nnnn3n2)C1. The van der Waals surface area contributed by atoms with E-state index in [1.54, 1.807) is 0 Å². The van der Waals surface area contributed by atoms with Crippen LogP contribution >= 0.6 is 0 Å². The van der Waals surface area contributed by atoms with Crippen molar-refractivity contribution in [1.29, 1.82) is 0 Å². The third kappa shape index (κ3) is 2.87. The van der Waals surface area contributed by atoms with Crippen LogP contribution in [0.25, 0.3) is 5.65 Å². The first-order valence-electron chi connectivity index (χ1n) is 7.90. The van der Waals surface area contributed by atoms with Gasteiger partial charge in [-0.25, -0.2) is 0 Å². The van der Waals surface area contributed by atoms with Crippen molar-refractivity contribution < 1.29 is 0 Å². The predicted octanol–water partition coefficient (Wildman–Crippen LogP) is 1.77. The lowest BCUT2D eigenvalue weighted by molar-refractivity contribution is 0.261. The van der Waals surface area contributed by atoms with Crippen LogP contribution in [0.5, 0.6) is 0 Å². The Labute approximate surface area is 134 Å². The van der Waals surface area contributed by atoms with Gasteiger partial charge in [0.15, 0.2) is 5.65 Å². The maximum Gasteiger partial charge on any atom is 0.200 e. The Morgan fingerprint density at radius 3 is 2.91 bits per heavy atom. The van der Waals surface area contributed by atoms with Gasteiger partial charge in [-0.2, -0.15) is 0 Å². The predicted molar refractivity (Wildman–Crippen MR) is 87.0 cm³/mol. The highest BCUT2D eigenvalue weighted by Gasteiger charge is 2.26. The fraction of sp³-hybridized carbons (Fsp3) is 0.375. The van der Waals surface area contributed by atoms with E-state index < -0.39 is 0 Å². The Hall–Kier alpha value is -2.54. The molecule has 1 aliphatic heterocycles. The van der Waals surface area contributed by atoms with Crippen molar-refractivity contribution in [2.45, 2.75) is 25.4 Å². The first-order chi connectivity index (χ1) is 11.3. The summed E-state index contributed by atoms with van der Waals surface area (Å²) in [5.74, 6) is 0.809. The zero-order valence-corrected chi connectivity index (χ0v) is 13.0. The minimum atomic E-state index is 0.391. The molecular weight excluding hydrogens is 290 g/mol. The highest BCUT2D eigenvalue weighted by atomic mass is 15.6. The number of likely N-dealkylation sites (tertiary alicyclic amines) is 1. The van der Waals surface area contributed by atoms with Gasteiger partial charge in [0.2, 0.25) is 0 Å². The van der Waals surface area contributed by atoms with Gasteiger partial charge >= 0.3 is 0 Å². The Morgan fingerprint density at radius 2 is 2.04 bits per heavy atom. The van der Waals surface area contributed by atoms with Gasteiger partial charge in [0.05, 0.1) is 0 Å². The third-order valence-electron chi connectivity index (χ3n) is 4.47. The van der Waals surface area contributed by atoms with Gasteiger partial charge in [-0.05, 0) is 41.5 Å². The Morgan fingerprint density at radius 1 is 1.17 bits per heavy atom. The molecule has 7 nitrogen and oxygen atoms in total. The van der Waals surface area contributed by atoms with E-state index in [2.05, 4.69) is 68.1 Å². The normalized spacial score (nSPS) is 20.0. The monoisotopic (exact) mass is 309 g/mol. The minimum absolute atomic E-state index is 0.391. The quantitative estimate of drug-likeness (QED) is 0.792. The molecule has 3 heterocycles. The van der Waals surface area contributed by atoms with Crippen molar-refractivity contribution >= 4 is 11.5 Å². The number of nitrogens with zero attached hydrogens (tertiary/aromatic N) is 6. The van der Waals surface area contributed by atoms with E-state index in [0.29, 0.717) is 17.7 Å². The molecular formula is C16H19N7. The van der Waals surface area contributed by atoms with Crippen molar-refractivity contribution in [3.05, 3.63) is 48.0 Å². The molecule has 0 aliphatic carbocycles. The molecule has 2 atom stereocenters. The molecule has 2 aromatic heterocycles. The first-order valence-corrected chi connectivity index (χ1v) is 7.90. The van der Waals surface area contributed by atoms with Gasteiger partial charge in [0.25, 0.3) is 0 Å². The first kappa shape index (κ1) is 14.1. The fourth-order valence-electron chi connectivity index (χ4n) is 3.13. The van der Waals surface area contributed by atoms with E-state index in [0.717, 1.165) is 25.3 Å². The van der Waals surface area contributed by atoms with Gasteiger partial charge in [-0.1, -0.05) is 30.3 Å². The van der Waals surface area contributed by atoms with E-state index >= 15 is 0 Å². The van der Waals surface area contributed by atoms with Crippen LogP contribution in [0.1, 0.15) is 24.9 Å². The van der Waals surface area contributed by atoms with E-state index in [1.807, 2.05) is 12.1 Å². The highest BCUT2D eigenvalue weighted by molar-refractivity contribution is 5.42. The number of hydrogen-bond donors (Lipinski definition) is 1. The minimum Gasteiger partial charge on any atom is -0.365 e. The molecule has 1 aromatic carbocycles. The molecule has 0 bridgehead atoms. The van der Waals surface area contributed by atoms with E-state index in [-0.39, 0.29) is 0 Å². The lowest BCUT2D eigenvalue weighted by Crippen LogP contribution is -2.28. The molecule has 23 heavy (non-hydrogen) atoms. The molecule has 118 valence electrons. The Kier molecular flexibility index (Phi) is 3.63. The lowest BCUT2D eigenvalue weighted by atomic mass is 10.1. The van der Waals surface area contributed by atoms with Crippen LogP contribution in [0.4, 0.5) is 5.82 Å². The molecule has 1 N–H and O–H groups in total. The number of rotatable bonds is 4. The summed E-state index contributed by atoms with van der Waals surface area (Å²) >= 11 is 0. The second-order valence-electron chi connectivity index (χ2n) is 5.96. The third-order valence-corrected chi connectivity index (χ3v) is 4.47. The number of tetrazole rings is 1. The van der Waals surface area contributed by atoms with Crippen LogP contribution in [0, 0.1) is 0 Å². The number of nitrogens with one attached hydrogen (secondary N) is 1. The van der Waals surface area contributed by atoms with Crippen LogP contribution in [0.2, 0.25) is 0 Å². The van der Waals surface area contributed by atoms with Crippen molar-refractivity contribution in [3.63, 3.8) is 0 Å². The average Bonchev–Trinajstić information content (AvgIpc) is 3.24. The summed E-state index contributed by atoms with van der Waals surface area (Å²) in [5.41, 5.74) is 2.02. The molecule has 1 aliphatic rings. The topological polar surface area (TPSA) is 71.2 Å². The fourth-order valence-corrected chi connectivity index (χ4v) is 3.13. The summed E-state index contributed by atoms with van der Waals surface area (Å²) in [6, 6.07) is 15.3. The number of aromatic nitrogens is 5. The Balaban J connectivity index is 1.42. The van der Waals surface area contributed by atoms with E-state index in [9.17, 15) is 0 Å². The van der Waals surface area contributed by atoms with Crippen molar-refractivity contribution in [2.24, 2.45) is 0 Å². The van der Waals surface area contributed by atoms with Crippen LogP contribution in [0.15, 0.2) is 42.5 Å². The second-order valence-corrected chi connectivity index (χ2v) is 5.96. The van der Waals surface area contributed by atoms with E-state index in [1.165, 1.54) is 10.2 Å². The standard InChI is InChI=1S/C16H19N7/c1-12(13-5-3-2-4-6-13)22-10-9-14(11-22)17-15-7-8-16-18-20-21-23(16)19-15/h2-8,12,14H,9-11H2,1H3,(H,17,19). The molecule has 0 spiro atoms. The molecule has 2 unspecified atom stereocenters. The molecule has 1 fully saturated rings. The van der Waals surface area contributed by atoms with Crippen molar-refractivity contribution in [1.82, 2.24) is 30.2 Å². The molecule has 4 rings (SSSR count). The number of benzene rings is 1. The lowest BCUT2D eigenvalue weighted by Gasteiger charge is -2.24. The zero-order valence-electron chi connectivity index (χ0n) is 13.0. The largest absolute Gasteiger partial charge is 0.365 e. The van der Waals surface area contributed by atoms with Gasteiger partial charge < -0.3 is 5.32 Å². The average molecular weight is 309 g/mol. The highest BCUT2D eigenvalue weighted by Crippen LogP contribution is 2.25. The molecule has 3 aromatic rings. The van der Waals surface area contributed by atoms with Crippen LogP contribution < -0.4 is 5.32 Å². The number of anilines is 1. The molecule has 0 radical (unpaired) electrons. The van der Waals surface area contributed by atoms with Crippen LogP contribution in [0.3, 0.4) is 0 Å². The molecule has 0 saturated carbocycles. The zero-order chi connectivity index (χ0) is 15.6. The summed E-state index contributed by atoms with van der Waals surface area (Å²) in [7, 11) is 0. The van der Waals surface area contributed by atoms with Gasteiger partial charge in [0.1, 0.15) is 5.82 Å². The second kappa shape index (κ2) is 5.92. The van der Waals surface area contributed by atoms with E-state index in [4.69, 9.17) is 0 Å². The molecule has 0 amide bonds. The molecule has 1 saturated heterocycles. The van der Waals surface area contributed by atoms with Crippen molar-refractivity contribution in [3.8, 4) is 0 Å². The van der Waals surface area contributed by atoms with Crippen molar-refractivity contribution in [2.75, 3.05) is 18.4 Å². The summed E-state index contributed by atoms with van der Waals surface area (Å²) in [6.07, 6.45) is 1.10. The molecule has 7 heteroatoms. The maximum absolute atomic E-state index is 4.38. The van der Waals surface area contributed by atoms with Crippen LogP contribution in [-0.2, 0) is 0 Å². The van der Waals surface area contributed by atoms with Gasteiger partial charge in [0, 0.05) is 25.2 Å². The summed E-state index contributed by atoms with van der Waals surface area (Å²) < 4.78 is 1.45. The van der Waals surface area contributed by atoms with Crippen LogP contribution in [-0.4, -0.2) is 49.3 Å². The summed E-state index contributed by atoms with van der Waals surface area (Å²) in [6.45, 7) is 4.36. The summed E-state index contributed by atoms with van der Waals surface area (Å²) in [5, 5.41) is 19.2. The Bertz CT molecular complexity index is 785. The van der Waals surface area contributed by atoms with Gasteiger partial charge in [-0.3, -0.25) is 4.90 Å². The number of fused-ring (bicyclic) bond motifs is 1. The summed E-state index contributed by atoms with van der Waals surface area (Å²) in [4.78, 5) is 2.50. The maximum atomic E-state index is 4.38.